The molecule has 7 nitrogen and oxygen atoms in total. The first-order valence-electron chi connectivity index (χ1n) is 8.90. The van der Waals surface area contributed by atoms with E-state index in [0.717, 1.165) is 42.0 Å². The van der Waals surface area contributed by atoms with Crippen molar-refractivity contribution in [3.05, 3.63) is 24.3 Å². The average Bonchev–Trinajstić information content (AvgIpc) is 2.61. The van der Waals surface area contributed by atoms with Gasteiger partial charge >= 0.3 is 0 Å². The lowest BCUT2D eigenvalue weighted by Crippen LogP contribution is -2.47. The van der Waals surface area contributed by atoms with Crippen LogP contribution in [-0.4, -0.2) is 38.9 Å². The van der Waals surface area contributed by atoms with Gasteiger partial charge in [-0.15, -0.1) is 0 Å². The number of amides is 1. The molecule has 26 heavy (non-hydrogen) atoms. The number of nitrogens with one attached hydrogen (secondary N) is 1. The SMILES string of the molecule is CCOc1ccc(N(C(C)C(=O)NN=C2CCCCC2)S(C)(=O)=O)cc1. The van der Waals surface area contributed by atoms with Crippen molar-refractivity contribution in [3.8, 4) is 5.75 Å². The van der Waals surface area contributed by atoms with Gasteiger partial charge in [0.25, 0.3) is 5.91 Å². The maximum absolute atomic E-state index is 12.5. The number of carbonyl (C=O) groups excluding carboxylic acids is 1. The summed E-state index contributed by atoms with van der Waals surface area (Å²) in [5.41, 5.74) is 3.89. The number of benzene rings is 1. The second-order valence-electron chi connectivity index (χ2n) is 6.38. The molecular formula is C18H27N3O4S. The first kappa shape index (κ1) is 20.2. The molecule has 1 aliphatic rings. The molecule has 1 N–H and O–H groups in total. The summed E-state index contributed by atoms with van der Waals surface area (Å²) in [4.78, 5) is 12.5. The number of hydrogen-bond acceptors (Lipinski definition) is 5. The van der Waals surface area contributed by atoms with Crippen LogP contribution < -0.4 is 14.5 Å². The average molecular weight is 381 g/mol. The summed E-state index contributed by atoms with van der Waals surface area (Å²) in [5, 5.41) is 4.18. The zero-order chi connectivity index (χ0) is 19.2. The predicted octanol–water partition coefficient (Wildman–Crippen LogP) is 2.68. The standard InChI is InChI=1S/C18H27N3O4S/c1-4-25-17-12-10-16(11-13-17)21(26(3,23)24)14(2)18(22)20-19-15-8-6-5-7-9-15/h10-14H,4-9H2,1-3H3,(H,20,22). The van der Waals surface area contributed by atoms with Gasteiger partial charge in [-0.25, -0.2) is 13.8 Å². The zero-order valence-corrected chi connectivity index (χ0v) is 16.4. The molecule has 144 valence electrons. The van der Waals surface area contributed by atoms with Crippen molar-refractivity contribution in [2.75, 3.05) is 17.2 Å². The molecule has 1 fully saturated rings. The van der Waals surface area contributed by atoms with E-state index in [-0.39, 0.29) is 0 Å². The highest BCUT2D eigenvalue weighted by Crippen LogP contribution is 2.24. The summed E-state index contributed by atoms with van der Waals surface area (Å²) >= 11 is 0. The second-order valence-corrected chi connectivity index (χ2v) is 8.24. The normalized spacial score (nSPS) is 15.9. The third-order valence-electron chi connectivity index (χ3n) is 4.25. The third-order valence-corrected chi connectivity index (χ3v) is 5.49. The fraction of sp³-hybridized carbons (Fsp3) is 0.556. The lowest BCUT2D eigenvalue weighted by molar-refractivity contribution is -0.121. The van der Waals surface area contributed by atoms with Gasteiger partial charge in [0.1, 0.15) is 11.8 Å². The third kappa shape index (κ3) is 5.45. The maximum atomic E-state index is 12.5. The van der Waals surface area contributed by atoms with Gasteiger partial charge in [-0.2, -0.15) is 5.10 Å². The molecule has 0 radical (unpaired) electrons. The molecule has 1 unspecified atom stereocenters. The van der Waals surface area contributed by atoms with Crippen LogP contribution in [0.2, 0.25) is 0 Å². The molecule has 1 aromatic carbocycles. The highest BCUT2D eigenvalue weighted by atomic mass is 32.2. The van der Waals surface area contributed by atoms with Gasteiger partial charge in [0.05, 0.1) is 18.6 Å². The second kappa shape index (κ2) is 9.02. The summed E-state index contributed by atoms with van der Waals surface area (Å²) in [7, 11) is -3.65. The van der Waals surface area contributed by atoms with Crippen LogP contribution in [-0.2, 0) is 14.8 Å². The van der Waals surface area contributed by atoms with Crippen molar-refractivity contribution in [2.24, 2.45) is 5.10 Å². The van der Waals surface area contributed by atoms with Gasteiger partial charge < -0.3 is 4.74 Å². The quantitative estimate of drug-likeness (QED) is 0.736. The van der Waals surface area contributed by atoms with Crippen LogP contribution in [0.3, 0.4) is 0 Å². The van der Waals surface area contributed by atoms with Gasteiger partial charge in [0, 0.05) is 5.71 Å². The van der Waals surface area contributed by atoms with Crippen molar-refractivity contribution in [2.45, 2.75) is 52.0 Å². The smallest absolute Gasteiger partial charge is 0.263 e. The van der Waals surface area contributed by atoms with Crippen molar-refractivity contribution < 1.29 is 17.9 Å². The fourth-order valence-electron chi connectivity index (χ4n) is 2.96. The Labute approximate surface area is 155 Å². The molecule has 0 saturated heterocycles. The molecule has 0 spiro atoms. The number of hydrazone groups is 1. The van der Waals surface area contributed by atoms with Crippen LogP contribution in [0.15, 0.2) is 29.4 Å². The van der Waals surface area contributed by atoms with E-state index in [2.05, 4.69) is 10.5 Å². The van der Waals surface area contributed by atoms with Gasteiger partial charge in [0.15, 0.2) is 0 Å². The molecule has 0 aromatic heterocycles. The Bertz CT molecular complexity index is 736. The lowest BCUT2D eigenvalue weighted by atomic mass is 9.99. The Hall–Kier alpha value is -2.09. The van der Waals surface area contributed by atoms with Crippen molar-refractivity contribution in [1.29, 1.82) is 0 Å². The van der Waals surface area contributed by atoms with Crippen LogP contribution >= 0.6 is 0 Å². The van der Waals surface area contributed by atoms with Crippen LogP contribution in [0.4, 0.5) is 5.69 Å². The lowest BCUT2D eigenvalue weighted by Gasteiger charge is -2.27. The first-order valence-corrected chi connectivity index (χ1v) is 10.8. The van der Waals surface area contributed by atoms with E-state index in [1.165, 1.54) is 6.42 Å². The van der Waals surface area contributed by atoms with Crippen LogP contribution in [0.5, 0.6) is 5.75 Å². The Kier molecular flexibility index (Phi) is 7.02. The molecule has 1 saturated carbocycles. The molecule has 1 amide bonds. The summed E-state index contributed by atoms with van der Waals surface area (Å²) in [6.45, 7) is 3.94. The van der Waals surface area contributed by atoms with Crippen LogP contribution in [0.25, 0.3) is 0 Å². The maximum Gasteiger partial charge on any atom is 0.263 e. The minimum absolute atomic E-state index is 0.406. The summed E-state index contributed by atoms with van der Waals surface area (Å²) in [6, 6.07) is 5.70. The number of sulfonamides is 1. The first-order chi connectivity index (χ1) is 12.3. The molecule has 0 bridgehead atoms. The number of carbonyl (C=O) groups is 1. The molecule has 0 heterocycles. The molecule has 1 atom stereocenters. The predicted molar refractivity (Wildman–Crippen MR) is 103 cm³/mol. The molecule has 8 heteroatoms. The minimum atomic E-state index is -3.65. The number of rotatable bonds is 7. The van der Waals surface area contributed by atoms with Gasteiger partial charge in [0.2, 0.25) is 10.0 Å². The van der Waals surface area contributed by atoms with Crippen molar-refractivity contribution >= 4 is 27.3 Å². The Balaban J connectivity index is 2.16. The Morgan fingerprint density at radius 2 is 1.85 bits per heavy atom. The van der Waals surface area contributed by atoms with E-state index in [1.54, 1.807) is 31.2 Å². The van der Waals surface area contributed by atoms with E-state index in [1.807, 2.05) is 6.92 Å². The molecule has 0 aliphatic heterocycles. The monoisotopic (exact) mass is 381 g/mol. The number of hydrogen-bond donors (Lipinski definition) is 1. The Morgan fingerprint density at radius 1 is 1.23 bits per heavy atom. The fourth-order valence-corrected chi connectivity index (χ4v) is 4.14. The van der Waals surface area contributed by atoms with Gasteiger partial charge in [-0.1, -0.05) is 6.42 Å². The number of ether oxygens (including phenoxy) is 1. The zero-order valence-electron chi connectivity index (χ0n) is 15.6. The molecular weight excluding hydrogens is 354 g/mol. The van der Waals surface area contributed by atoms with Gasteiger partial charge in [-0.3, -0.25) is 9.10 Å². The molecule has 2 rings (SSSR count). The van der Waals surface area contributed by atoms with E-state index in [9.17, 15) is 13.2 Å². The van der Waals surface area contributed by atoms with E-state index < -0.39 is 22.0 Å². The highest BCUT2D eigenvalue weighted by molar-refractivity contribution is 7.92. The topological polar surface area (TPSA) is 88.1 Å². The molecule has 1 aliphatic carbocycles. The van der Waals surface area contributed by atoms with Crippen LogP contribution in [0, 0.1) is 0 Å². The van der Waals surface area contributed by atoms with E-state index >= 15 is 0 Å². The highest BCUT2D eigenvalue weighted by Gasteiger charge is 2.29. The van der Waals surface area contributed by atoms with Crippen molar-refractivity contribution in [3.63, 3.8) is 0 Å². The molecule has 1 aromatic rings. The Morgan fingerprint density at radius 3 is 2.38 bits per heavy atom. The van der Waals surface area contributed by atoms with E-state index in [4.69, 9.17) is 4.74 Å². The van der Waals surface area contributed by atoms with E-state index in [0.29, 0.717) is 18.0 Å². The number of nitrogens with zero attached hydrogens (tertiary/aromatic N) is 2. The number of anilines is 1. The van der Waals surface area contributed by atoms with Crippen molar-refractivity contribution in [1.82, 2.24) is 5.43 Å². The summed E-state index contributed by atoms with van der Waals surface area (Å²) in [6.07, 6.45) is 6.17. The largest absolute Gasteiger partial charge is 0.494 e. The van der Waals surface area contributed by atoms with Gasteiger partial charge in [-0.05, 0) is 63.8 Å². The van der Waals surface area contributed by atoms with Crippen LogP contribution in [0.1, 0.15) is 46.0 Å². The summed E-state index contributed by atoms with van der Waals surface area (Å²) < 4.78 is 31.0. The summed E-state index contributed by atoms with van der Waals surface area (Å²) in [5.74, 6) is 0.188. The minimum Gasteiger partial charge on any atom is -0.494 e.